The maximum absolute atomic E-state index is 13.8. The Labute approximate surface area is 144 Å². The van der Waals surface area contributed by atoms with Crippen LogP contribution >= 0.6 is 0 Å². The molecule has 3 nitrogen and oxygen atoms in total. The van der Waals surface area contributed by atoms with E-state index in [-0.39, 0.29) is 24.2 Å². The predicted octanol–water partition coefficient (Wildman–Crippen LogP) is 3.93. The van der Waals surface area contributed by atoms with Crippen LogP contribution in [0.1, 0.15) is 28.8 Å². The fourth-order valence-electron chi connectivity index (χ4n) is 2.97. The number of rotatable bonds is 4. The SMILES string of the molecule is O=C(c1ccccc1F)N1CCCC(OCc2cc(F)cc(F)c2)C1. The number of carbonyl (C=O) groups excluding carboxylic acids is 1. The minimum absolute atomic E-state index is 0.0374. The number of ether oxygens (including phenoxy) is 1. The van der Waals surface area contributed by atoms with Crippen molar-refractivity contribution in [2.75, 3.05) is 13.1 Å². The van der Waals surface area contributed by atoms with Crippen molar-refractivity contribution < 1.29 is 22.7 Å². The zero-order chi connectivity index (χ0) is 17.8. The molecule has 1 saturated heterocycles. The second-order valence-corrected chi connectivity index (χ2v) is 6.08. The fraction of sp³-hybridized carbons (Fsp3) is 0.316. The summed E-state index contributed by atoms with van der Waals surface area (Å²) in [5, 5.41) is 0. The van der Waals surface area contributed by atoms with Gasteiger partial charge in [0, 0.05) is 19.2 Å². The molecular weight excluding hydrogens is 331 g/mol. The largest absolute Gasteiger partial charge is 0.372 e. The Kier molecular flexibility index (Phi) is 5.38. The second-order valence-electron chi connectivity index (χ2n) is 6.08. The van der Waals surface area contributed by atoms with Crippen molar-refractivity contribution in [2.45, 2.75) is 25.6 Å². The van der Waals surface area contributed by atoms with Gasteiger partial charge in [0.15, 0.2) is 0 Å². The third kappa shape index (κ3) is 4.39. The highest BCUT2D eigenvalue weighted by Gasteiger charge is 2.26. The maximum atomic E-state index is 13.8. The molecule has 25 heavy (non-hydrogen) atoms. The van der Waals surface area contributed by atoms with E-state index in [2.05, 4.69) is 0 Å². The summed E-state index contributed by atoms with van der Waals surface area (Å²) in [6, 6.07) is 9.10. The second kappa shape index (κ2) is 7.70. The molecule has 0 saturated carbocycles. The van der Waals surface area contributed by atoms with E-state index in [1.54, 1.807) is 11.0 Å². The number of carbonyl (C=O) groups is 1. The van der Waals surface area contributed by atoms with Crippen molar-refractivity contribution in [2.24, 2.45) is 0 Å². The summed E-state index contributed by atoms with van der Waals surface area (Å²) in [6.07, 6.45) is 1.21. The summed E-state index contributed by atoms with van der Waals surface area (Å²) < 4.78 is 45.9. The lowest BCUT2D eigenvalue weighted by Crippen LogP contribution is -2.43. The van der Waals surface area contributed by atoms with Crippen molar-refractivity contribution in [3.63, 3.8) is 0 Å². The first-order valence-electron chi connectivity index (χ1n) is 8.13. The van der Waals surface area contributed by atoms with Crippen LogP contribution in [0.25, 0.3) is 0 Å². The van der Waals surface area contributed by atoms with E-state index in [0.717, 1.165) is 18.9 Å². The zero-order valence-corrected chi connectivity index (χ0v) is 13.6. The number of amides is 1. The molecule has 0 radical (unpaired) electrons. The lowest BCUT2D eigenvalue weighted by atomic mass is 10.1. The first kappa shape index (κ1) is 17.5. The Balaban J connectivity index is 1.61. The van der Waals surface area contributed by atoms with Crippen LogP contribution in [0.4, 0.5) is 13.2 Å². The van der Waals surface area contributed by atoms with Crippen molar-refractivity contribution in [3.05, 3.63) is 71.0 Å². The van der Waals surface area contributed by atoms with Crippen LogP contribution in [0.5, 0.6) is 0 Å². The molecule has 1 unspecified atom stereocenters. The topological polar surface area (TPSA) is 29.5 Å². The molecule has 1 heterocycles. The van der Waals surface area contributed by atoms with Crippen LogP contribution < -0.4 is 0 Å². The van der Waals surface area contributed by atoms with Gasteiger partial charge in [-0.3, -0.25) is 4.79 Å². The summed E-state index contributed by atoms with van der Waals surface area (Å²) in [6.45, 7) is 0.910. The smallest absolute Gasteiger partial charge is 0.256 e. The molecule has 0 bridgehead atoms. The number of likely N-dealkylation sites (tertiary alicyclic amines) is 1. The fourth-order valence-corrected chi connectivity index (χ4v) is 2.97. The highest BCUT2D eigenvalue weighted by atomic mass is 19.1. The quantitative estimate of drug-likeness (QED) is 0.837. The van der Waals surface area contributed by atoms with Crippen molar-refractivity contribution in [1.29, 1.82) is 0 Å². The first-order valence-corrected chi connectivity index (χ1v) is 8.13. The van der Waals surface area contributed by atoms with E-state index in [4.69, 9.17) is 4.74 Å². The molecule has 3 rings (SSSR count). The lowest BCUT2D eigenvalue weighted by molar-refractivity contribution is -0.00698. The number of piperidine rings is 1. The number of hydrogen-bond donors (Lipinski definition) is 0. The number of benzene rings is 2. The van der Waals surface area contributed by atoms with Gasteiger partial charge in [-0.05, 0) is 42.7 Å². The standard InChI is InChI=1S/C19H18F3NO2/c20-14-8-13(9-15(21)10-14)12-25-16-4-3-7-23(11-16)19(24)17-5-1-2-6-18(17)22/h1-2,5-6,8-10,16H,3-4,7,11-12H2. The molecule has 2 aromatic rings. The van der Waals surface area contributed by atoms with Crippen LogP contribution in [-0.4, -0.2) is 30.0 Å². The van der Waals surface area contributed by atoms with E-state index in [0.29, 0.717) is 18.7 Å². The van der Waals surface area contributed by atoms with Crippen LogP contribution in [0, 0.1) is 17.5 Å². The average Bonchev–Trinajstić information content (AvgIpc) is 2.59. The van der Waals surface area contributed by atoms with Gasteiger partial charge in [-0.1, -0.05) is 12.1 Å². The van der Waals surface area contributed by atoms with Gasteiger partial charge in [0.1, 0.15) is 17.5 Å². The van der Waals surface area contributed by atoms with Crippen LogP contribution in [-0.2, 0) is 11.3 Å². The monoisotopic (exact) mass is 349 g/mol. The summed E-state index contributed by atoms with van der Waals surface area (Å²) in [4.78, 5) is 14.0. The Morgan fingerprint density at radius 2 is 1.84 bits per heavy atom. The minimum Gasteiger partial charge on any atom is -0.372 e. The first-order chi connectivity index (χ1) is 12.0. The summed E-state index contributed by atoms with van der Waals surface area (Å²) in [5.74, 6) is -2.23. The van der Waals surface area contributed by atoms with Gasteiger partial charge in [-0.2, -0.15) is 0 Å². The maximum Gasteiger partial charge on any atom is 0.256 e. The number of nitrogens with zero attached hydrogens (tertiary/aromatic N) is 1. The molecule has 1 amide bonds. The zero-order valence-electron chi connectivity index (χ0n) is 13.6. The molecule has 1 fully saturated rings. The summed E-state index contributed by atoms with van der Waals surface area (Å²) >= 11 is 0. The van der Waals surface area contributed by atoms with Gasteiger partial charge in [-0.25, -0.2) is 13.2 Å². The minimum atomic E-state index is -0.654. The molecule has 0 aliphatic carbocycles. The molecule has 0 N–H and O–H groups in total. The molecule has 2 aromatic carbocycles. The molecule has 0 spiro atoms. The predicted molar refractivity (Wildman–Crippen MR) is 86.5 cm³/mol. The van der Waals surface area contributed by atoms with Crippen molar-refractivity contribution in [3.8, 4) is 0 Å². The van der Waals surface area contributed by atoms with Gasteiger partial charge in [-0.15, -0.1) is 0 Å². The van der Waals surface area contributed by atoms with E-state index in [9.17, 15) is 18.0 Å². The van der Waals surface area contributed by atoms with Gasteiger partial charge in [0.2, 0.25) is 0 Å². The van der Waals surface area contributed by atoms with Gasteiger partial charge < -0.3 is 9.64 Å². The molecule has 1 aliphatic heterocycles. The Morgan fingerprint density at radius 3 is 2.56 bits per heavy atom. The Bertz CT molecular complexity index is 746. The molecule has 0 aromatic heterocycles. The van der Waals surface area contributed by atoms with E-state index >= 15 is 0 Å². The van der Waals surface area contributed by atoms with E-state index in [1.807, 2.05) is 0 Å². The average molecular weight is 349 g/mol. The molecule has 6 heteroatoms. The highest BCUT2D eigenvalue weighted by molar-refractivity contribution is 5.94. The van der Waals surface area contributed by atoms with Gasteiger partial charge in [0.05, 0.1) is 18.3 Å². The number of hydrogen-bond acceptors (Lipinski definition) is 2. The molecule has 132 valence electrons. The third-order valence-corrected chi connectivity index (χ3v) is 4.18. The molecular formula is C19H18F3NO2. The van der Waals surface area contributed by atoms with Gasteiger partial charge >= 0.3 is 0 Å². The normalized spacial score (nSPS) is 17.6. The summed E-state index contributed by atoms with van der Waals surface area (Å²) in [7, 11) is 0. The summed E-state index contributed by atoms with van der Waals surface area (Å²) in [5.41, 5.74) is 0.436. The molecule has 1 aliphatic rings. The van der Waals surface area contributed by atoms with Crippen molar-refractivity contribution in [1.82, 2.24) is 4.90 Å². The van der Waals surface area contributed by atoms with E-state index in [1.165, 1.54) is 30.3 Å². The Morgan fingerprint density at radius 1 is 1.12 bits per heavy atom. The molecule has 1 atom stereocenters. The van der Waals surface area contributed by atoms with Crippen molar-refractivity contribution >= 4 is 5.91 Å². The Hall–Kier alpha value is -2.34. The lowest BCUT2D eigenvalue weighted by Gasteiger charge is -2.32. The number of halogens is 3. The third-order valence-electron chi connectivity index (χ3n) is 4.18. The van der Waals surface area contributed by atoms with Crippen LogP contribution in [0.2, 0.25) is 0 Å². The van der Waals surface area contributed by atoms with E-state index < -0.39 is 17.5 Å². The van der Waals surface area contributed by atoms with Gasteiger partial charge in [0.25, 0.3) is 5.91 Å². The van der Waals surface area contributed by atoms with Crippen LogP contribution in [0.3, 0.4) is 0 Å². The van der Waals surface area contributed by atoms with Crippen LogP contribution in [0.15, 0.2) is 42.5 Å². The highest BCUT2D eigenvalue weighted by Crippen LogP contribution is 2.19.